The molecule has 0 saturated heterocycles. The van der Waals surface area contributed by atoms with E-state index in [4.69, 9.17) is 20.1 Å². The average molecular weight is 498 g/mol. The minimum Gasteiger partial charge on any atom is -0.478 e. The third kappa shape index (κ3) is 6.97. The van der Waals surface area contributed by atoms with E-state index in [1.807, 2.05) is 0 Å². The third-order valence-corrected chi connectivity index (χ3v) is 5.29. The van der Waals surface area contributed by atoms with E-state index in [1.165, 1.54) is 30.3 Å². The Morgan fingerprint density at radius 3 is 1.81 bits per heavy atom. The van der Waals surface area contributed by atoms with Gasteiger partial charge in [0.2, 0.25) is 0 Å². The van der Waals surface area contributed by atoms with Gasteiger partial charge in [-0.15, -0.1) is 0 Å². The van der Waals surface area contributed by atoms with Gasteiger partial charge in [0, 0.05) is 36.1 Å². The lowest BCUT2D eigenvalue weighted by atomic mass is 9.79. The van der Waals surface area contributed by atoms with Gasteiger partial charge < -0.3 is 35.8 Å². The number of hydrogen-bond donors (Lipinski definition) is 7. The van der Waals surface area contributed by atoms with Crippen LogP contribution in [0.5, 0.6) is 0 Å². The molecule has 3 rings (SSSR count). The monoisotopic (exact) mass is 498 g/mol. The van der Waals surface area contributed by atoms with Crippen LogP contribution in [-0.2, 0) is 19.6 Å². The van der Waals surface area contributed by atoms with E-state index in [-0.39, 0.29) is 41.7 Å². The fourth-order valence-corrected chi connectivity index (χ4v) is 3.49. The molecule has 0 bridgehead atoms. The van der Waals surface area contributed by atoms with E-state index in [0.717, 1.165) is 18.2 Å². The molecule has 0 aromatic heterocycles. The molecule has 186 valence electrons. The van der Waals surface area contributed by atoms with E-state index in [2.05, 4.69) is 10.6 Å². The van der Waals surface area contributed by atoms with Crippen LogP contribution in [0.2, 0.25) is 0 Å². The lowest BCUT2D eigenvalue weighted by Crippen LogP contribution is -2.33. The molecule has 7 N–H and O–H groups in total. The Labute approximate surface area is 205 Å². The second-order valence-corrected chi connectivity index (χ2v) is 7.97. The number of aromatic carboxylic acids is 1. The molecular formula is C23H22B2F2N2O7. The molecule has 36 heavy (non-hydrogen) atoms. The van der Waals surface area contributed by atoms with Crippen molar-refractivity contribution in [2.24, 2.45) is 0 Å². The molecule has 13 heteroatoms. The number of halogens is 2. The molecule has 0 fully saturated rings. The van der Waals surface area contributed by atoms with Crippen LogP contribution in [-0.4, -0.2) is 51.3 Å². The predicted octanol–water partition coefficient (Wildman–Crippen LogP) is -0.758. The number of benzene rings is 3. The van der Waals surface area contributed by atoms with Gasteiger partial charge in [-0.25, -0.2) is 13.6 Å². The lowest BCUT2D eigenvalue weighted by Gasteiger charge is -2.11. The first kappa shape index (κ1) is 27.0. The first-order valence-electron chi connectivity index (χ1n) is 10.7. The quantitative estimate of drug-likeness (QED) is 0.180. The molecular weight excluding hydrogens is 476 g/mol. The summed E-state index contributed by atoms with van der Waals surface area (Å²) >= 11 is 0. The fourth-order valence-electron chi connectivity index (χ4n) is 3.49. The maximum atomic E-state index is 13.9. The third-order valence-electron chi connectivity index (χ3n) is 5.29. The molecule has 0 saturated carbocycles. The van der Waals surface area contributed by atoms with Gasteiger partial charge in [-0.2, -0.15) is 0 Å². The van der Waals surface area contributed by atoms with E-state index < -0.39 is 37.7 Å². The average Bonchev–Trinajstić information content (AvgIpc) is 2.82. The highest BCUT2D eigenvalue weighted by Gasteiger charge is 2.19. The molecule has 1 amide bonds. The van der Waals surface area contributed by atoms with Crippen LogP contribution in [0.15, 0.2) is 54.6 Å². The molecule has 0 atom stereocenters. The van der Waals surface area contributed by atoms with Crippen molar-refractivity contribution in [3.63, 3.8) is 0 Å². The zero-order valence-corrected chi connectivity index (χ0v) is 18.8. The molecule has 0 unspecified atom stereocenters. The molecule has 0 aliphatic carbocycles. The minimum absolute atomic E-state index is 0.0155. The van der Waals surface area contributed by atoms with E-state index in [9.17, 15) is 23.5 Å². The van der Waals surface area contributed by atoms with Gasteiger partial charge in [0.25, 0.3) is 5.91 Å². The predicted molar refractivity (Wildman–Crippen MR) is 128 cm³/mol. The van der Waals surface area contributed by atoms with Gasteiger partial charge in [0.1, 0.15) is 11.6 Å². The van der Waals surface area contributed by atoms with E-state index in [0.29, 0.717) is 16.7 Å². The second kappa shape index (κ2) is 11.9. The van der Waals surface area contributed by atoms with E-state index >= 15 is 0 Å². The van der Waals surface area contributed by atoms with Crippen molar-refractivity contribution >= 4 is 37.0 Å². The van der Waals surface area contributed by atoms with Crippen molar-refractivity contribution < 1.29 is 43.6 Å². The number of carbonyl (C=O) groups is 2. The molecule has 3 aromatic rings. The van der Waals surface area contributed by atoms with Crippen LogP contribution < -0.4 is 21.6 Å². The highest BCUT2D eigenvalue weighted by Crippen LogP contribution is 2.12. The van der Waals surface area contributed by atoms with Gasteiger partial charge >= 0.3 is 20.2 Å². The Morgan fingerprint density at radius 2 is 1.25 bits per heavy atom. The van der Waals surface area contributed by atoms with Crippen LogP contribution in [0, 0.1) is 11.6 Å². The summed E-state index contributed by atoms with van der Waals surface area (Å²) in [5.41, 5.74) is 0.889. The number of carboxylic acid groups (broad SMARTS) is 1. The van der Waals surface area contributed by atoms with Gasteiger partial charge in [0.05, 0.1) is 5.56 Å². The van der Waals surface area contributed by atoms with Crippen LogP contribution in [0.3, 0.4) is 0 Å². The summed E-state index contributed by atoms with van der Waals surface area (Å²) in [7, 11) is -3.93. The van der Waals surface area contributed by atoms with Crippen molar-refractivity contribution in [1.29, 1.82) is 0 Å². The highest BCUT2D eigenvalue weighted by atomic mass is 19.1. The molecule has 0 radical (unpaired) electrons. The summed E-state index contributed by atoms with van der Waals surface area (Å²) in [5, 5.41) is 51.4. The maximum absolute atomic E-state index is 13.9. The van der Waals surface area contributed by atoms with E-state index in [1.54, 1.807) is 6.07 Å². The van der Waals surface area contributed by atoms with Crippen molar-refractivity contribution in [1.82, 2.24) is 10.6 Å². The molecule has 0 heterocycles. The second-order valence-electron chi connectivity index (χ2n) is 7.97. The number of hydrogen-bond acceptors (Lipinski definition) is 7. The smallest absolute Gasteiger partial charge is 0.478 e. The number of nitrogens with one attached hydrogen (secondary N) is 2. The minimum atomic E-state index is -2.01. The maximum Gasteiger partial charge on any atom is 0.491 e. The first-order valence-corrected chi connectivity index (χ1v) is 10.7. The van der Waals surface area contributed by atoms with Gasteiger partial charge in [0.15, 0.2) is 0 Å². The molecule has 3 aromatic carbocycles. The highest BCUT2D eigenvalue weighted by molar-refractivity contribution is 6.59. The first-order chi connectivity index (χ1) is 17.0. The Kier molecular flexibility index (Phi) is 8.91. The van der Waals surface area contributed by atoms with Gasteiger partial charge in [-0.3, -0.25) is 4.79 Å². The topological polar surface area (TPSA) is 159 Å². The van der Waals surface area contributed by atoms with Crippen molar-refractivity contribution in [2.75, 3.05) is 0 Å². The standard InChI is InChI=1S/C23H22B2F2N2O7/c26-20-8-13(1-3-18(20)24(33)34)10-28-11-14-5-15(7-17(6-14)23(31)32)12-29-22(30)16-2-4-19(25(35)36)21(27)9-16/h1-9,28,33-36H,10-12H2,(H,29,30)(H,31,32). The largest absolute Gasteiger partial charge is 0.491 e. The summed E-state index contributed by atoms with van der Waals surface area (Å²) in [5.74, 6) is -3.55. The number of carboxylic acids is 1. The number of amides is 1. The molecule has 9 nitrogen and oxygen atoms in total. The summed E-state index contributed by atoms with van der Waals surface area (Å²) in [4.78, 5) is 23.9. The van der Waals surface area contributed by atoms with Crippen molar-refractivity contribution in [3.05, 3.63) is 94.0 Å². The van der Waals surface area contributed by atoms with Gasteiger partial charge in [-0.1, -0.05) is 24.3 Å². The zero-order chi connectivity index (χ0) is 26.4. The SMILES string of the molecule is O=C(O)c1cc(CNCc2ccc(B(O)O)c(F)c2)cc(CNC(=O)c2ccc(B(O)O)c(F)c2)c1. The fraction of sp³-hybridized carbons (Fsp3) is 0.130. The number of carbonyl (C=O) groups excluding carboxylic acids is 1. The summed E-state index contributed by atoms with van der Waals surface area (Å²) < 4.78 is 27.8. The normalized spacial score (nSPS) is 10.7. The Balaban J connectivity index is 1.66. The Bertz CT molecular complexity index is 1280. The van der Waals surface area contributed by atoms with Gasteiger partial charge in [-0.05, 0) is 47.0 Å². The Hall–Kier alpha value is -3.61. The molecule has 0 aliphatic rings. The Morgan fingerprint density at radius 1 is 0.694 bits per heavy atom. The van der Waals surface area contributed by atoms with Crippen LogP contribution in [0.25, 0.3) is 0 Å². The van der Waals surface area contributed by atoms with Crippen LogP contribution in [0.4, 0.5) is 8.78 Å². The summed E-state index contributed by atoms with van der Waals surface area (Å²) in [6.45, 7) is 0.367. The zero-order valence-electron chi connectivity index (χ0n) is 18.8. The molecule has 0 aliphatic heterocycles. The van der Waals surface area contributed by atoms with Crippen LogP contribution in [0.1, 0.15) is 37.4 Å². The summed E-state index contributed by atoms with van der Waals surface area (Å²) in [6, 6.07) is 11.6. The van der Waals surface area contributed by atoms with Crippen molar-refractivity contribution in [3.8, 4) is 0 Å². The van der Waals surface area contributed by atoms with Crippen LogP contribution >= 0.6 is 0 Å². The summed E-state index contributed by atoms with van der Waals surface area (Å²) in [6.07, 6.45) is 0. The lowest BCUT2D eigenvalue weighted by molar-refractivity contribution is 0.0696. The molecule has 0 spiro atoms. The van der Waals surface area contributed by atoms with Crippen molar-refractivity contribution in [2.45, 2.75) is 19.6 Å². The number of rotatable bonds is 10.